The lowest BCUT2D eigenvalue weighted by atomic mass is 9.78. The van der Waals surface area contributed by atoms with Crippen LogP contribution >= 0.6 is 0 Å². The minimum Gasteiger partial charge on any atom is -0.506 e. The fourth-order valence-corrected chi connectivity index (χ4v) is 4.32. The highest BCUT2D eigenvalue weighted by Gasteiger charge is 2.67. The van der Waals surface area contributed by atoms with Crippen molar-refractivity contribution >= 4 is 17.5 Å². The molecule has 3 N–H and O–H groups in total. The fourth-order valence-electron chi connectivity index (χ4n) is 4.32. The number of fused-ring (bicyclic) bond motifs is 5. The van der Waals surface area contributed by atoms with Gasteiger partial charge in [0, 0.05) is 11.8 Å². The summed E-state index contributed by atoms with van der Waals surface area (Å²) in [6.45, 7) is 0. The summed E-state index contributed by atoms with van der Waals surface area (Å²) in [5.74, 6) is -2.81. The number of hydrogen-bond acceptors (Lipinski definition) is 5. The van der Waals surface area contributed by atoms with Crippen LogP contribution in [0.25, 0.3) is 0 Å². The third kappa shape index (κ3) is 1.43. The summed E-state index contributed by atoms with van der Waals surface area (Å²) in [7, 11) is 0. The number of imide groups is 1. The van der Waals surface area contributed by atoms with Crippen LogP contribution in [0.1, 0.15) is 6.42 Å². The molecule has 0 unspecified atom stereocenters. The van der Waals surface area contributed by atoms with E-state index < -0.39 is 24.0 Å². The highest BCUT2D eigenvalue weighted by atomic mass is 16.3. The average Bonchev–Trinajstić information content (AvgIpc) is 3.06. The number of carbonyl (C=O) groups is 2. The topological polar surface area (TPSA) is 98.1 Å². The number of anilines is 1. The van der Waals surface area contributed by atoms with Crippen LogP contribution in [0.5, 0.6) is 5.75 Å². The SMILES string of the molecule is O=C1[C@@H]2[C@H]3C[C@@H]([C@H](O)[C@@H]3O)[C@@H]2C(=O)N1c1ccccc1O. The lowest BCUT2D eigenvalue weighted by Gasteiger charge is -2.29. The maximum Gasteiger partial charge on any atom is 0.238 e. The van der Waals surface area contributed by atoms with Gasteiger partial charge < -0.3 is 15.3 Å². The quantitative estimate of drug-likeness (QED) is 0.626. The number of phenolic OH excluding ortho intramolecular Hbond substituents is 1. The summed E-state index contributed by atoms with van der Waals surface area (Å²) in [4.78, 5) is 26.2. The van der Waals surface area contributed by atoms with Gasteiger partial charge >= 0.3 is 0 Å². The molecule has 2 saturated carbocycles. The first kappa shape index (κ1) is 12.8. The van der Waals surface area contributed by atoms with Crippen molar-refractivity contribution in [2.45, 2.75) is 18.6 Å². The molecule has 6 nitrogen and oxygen atoms in total. The van der Waals surface area contributed by atoms with Gasteiger partial charge in [-0.2, -0.15) is 0 Å². The first-order valence-corrected chi connectivity index (χ1v) is 7.04. The second-order valence-electron chi connectivity index (χ2n) is 6.10. The van der Waals surface area contributed by atoms with Crippen molar-refractivity contribution in [3.8, 4) is 5.75 Å². The Morgan fingerprint density at radius 3 is 2.00 bits per heavy atom. The van der Waals surface area contributed by atoms with Crippen LogP contribution in [0.4, 0.5) is 5.69 Å². The van der Waals surface area contributed by atoms with Crippen molar-refractivity contribution in [3.05, 3.63) is 24.3 Å². The van der Waals surface area contributed by atoms with Crippen LogP contribution in [0.3, 0.4) is 0 Å². The van der Waals surface area contributed by atoms with Gasteiger partial charge in [-0.15, -0.1) is 0 Å². The summed E-state index contributed by atoms with van der Waals surface area (Å²) in [6.07, 6.45) is -1.39. The van der Waals surface area contributed by atoms with E-state index in [9.17, 15) is 24.9 Å². The number of nitrogens with zero attached hydrogens (tertiary/aromatic N) is 1. The van der Waals surface area contributed by atoms with E-state index in [0.29, 0.717) is 6.42 Å². The predicted octanol–water partition coefficient (Wildman–Crippen LogP) is -0.131. The molecule has 21 heavy (non-hydrogen) atoms. The maximum absolute atomic E-state index is 12.6. The number of carbonyl (C=O) groups excluding carboxylic acids is 2. The summed E-state index contributed by atoms with van der Waals surface area (Å²) in [5, 5.41) is 29.8. The van der Waals surface area contributed by atoms with Crippen LogP contribution in [0, 0.1) is 23.7 Å². The molecule has 2 bridgehead atoms. The van der Waals surface area contributed by atoms with Crippen LogP contribution in [-0.2, 0) is 9.59 Å². The van der Waals surface area contributed by atoms with Crippen molar-refractivity contribution in [2.75, 3.05) is 4.90 Å². The number of aliphatic hydroxyl groups is 2. The molecule has 1 aliphatic heterocycles. The first-order chi connectivity index (χ1) is 10.0. The zero-order chi connectivity index (χ0) is 14.9. The Kier molecular flexibility index (Phi) is 2.47. The lowest BCUT2D eigenvalue weighted by molar-refractivity contribution is -0.129. The Balaban J connectivity index is 1.77. The molecule has 0 radical (unpaired) electrons. The van der Waals surface area contributed by atoms with Crippen molar-refractivity contribution in [1.29, 1.82) is 0 Å². The van der Waals surface area contributed by atoms with E-state index >= 15 is 0 Å². The molecule has 6 heteroatoms. The molecule has 2 amide bonds. The van der Waals surface area contributed by atoms with Crippen molar-refractivity contribution in [2.24, 2.45) is 23.7 Å². The Labute approximate surface area is 120 Å². The van der Waals surface area contributed by atoms with Gasteiger partial charge in [0.2, 0.25) is 11.8 Å². The Morgan fingerprint density at radius 2 is 1.48 bits per heavy atom. The molecule has 6 atom stereocenters. The van der Waals surface area contributed by atoms with E-state index in [0.717, 1.165) is 4.90 Å². The normalized spacial score (nSPS) is 41.0. The highest BCUT2D eigenvalue weighted by Crippen LogP contribution is 2.57. The molecule has 3 aliphatic rings. The van der Waals surface area contributed by atoms with Gasteiger partial charge in [0.05, 0.1) is 29.7 Å². The molecule has 0 spiro atoms. The predicted molar refractivity (Wildman–Crippen MR) is 71.2 cm³/mol. The fraction of sp³-hybridized carbons (Fsp3) is 0.467. The zero-order valence-corrected chi connectivity index (χ0v) is 11.1. The molecule has 110 valence electrons. The number of hydrogen-bond donors (Lipinski definition) is 3. The molecule has 1 heterocycles. The molecule has 1 aromatic rings. The van der Waals surface area contributed by atoms with E-state index in [-0.39, 0.29) is 35.1 Å². The molecule has 1 aromatic carbocycles. The Bertz CT molecular complexity index is 613. The van der Waals surface area contributed by atoms with Gasteiger partial charge in [0.15, 0.2) is 0 Å². The third-order valence-corrected chi connectivity index (χ3v) is 5.21. The number of para-hydroxylation sites is 2. The maximum atomic E-state index is 12.6. The molecule has 1 saturated heterocycles. The van der Waals surface area contributed by atoms with Gasteiger partial charge in [0.1, 0.15) is 5.75 Å². The summed E-state index contributed by atoms with van der Waals surface area (Å²) < 4.78 is 0. The summed E-state index contributed by atoms with van der Waals surface area (Å²) >= 11 is 0. The molecular weight excluding hydrogens is 274 g/mol. The second-order valence-corrected chi connectivity index (χ2v) is 6.10. The van der Waals surface area contributed by atoms with Crippen molar-refractivity contribution in [3.63, 3.8) is 0 Å². The van der Waals surface area contributed by atoms with E-state index in [1.54, 1.807) is 12.1 Å². The second kappa shape index (κ2) is 4.05. The monoisotopic (exact) mass is 289 g/mol. The largest absolute Gasteiger partial charge is 0.506 e. The van der Waals surface area contributed by atoms with E-state index in [4.69, 9.17) is 0 Å². The smallest absolute Gasteiger partial charge is 0.238 e. The van der Waals surface area contributed by atoms with Gasteiger partial charge in [-0.1, -0.05) is 12.1 Å². The van der Waals surface area contributed by atoms with Crippen LogP contribution in [0.15, 0.2) is 24.3 Å². The number of rotatable bonds is 1. The average molecular weight is 289 g/mol. The van der Waals surface area contributed by atoms with Gasteiger partial charge in [-0.25, -0.2) is 4.90 Å². The Hall–Kier alpha value is -1.92. The van der Waals surface area contributed by atoms with E-state index in [2.05, 4.69) is 0 Å². The number of amides is 2. The van der Waals surface area contributed by atoms with E-state index in [1.807, 2.05) is 0 Å². The van der Waals surface area contributed by atoms with Gasteiger partial charge in [-0.3, -0.25) is 9.59 Å². The molecule has 2 aliphatic carbocycles. The number of aliphatic hydroxyl groups excluding tert-OH is 2. The number of benzene rings is 1. The number of aromatic hydroxyl groups is 1. The van der Waals surface area contributed by atoms with E-state index in [1.165, 1.54) is 12.1 Å². The van der Waals surface area contributed by atoms with Crippen LogP contribution in [0.2, 0.25) is 0 Å². The van der Waals surface area contributed by atoms with Crippen LogP contribution < -0.4 is 4.90 Å². The zero-order valence-electron chi connectivity index (χ0n) is 11.1. The first-order valence-electron chi connectivity index (χ1n) is 7.04. The minimum atomic E-state index is -0.947. The molecule has 0 aromatic heterocycles. The van der Waals surface area contributed by atoms with Gasteiger partial charge in [-0.05, 0) is 18.6 Å². The minimum absolute atomic E-state index is 0.132. The third-order valence-electron chi connectivity index (χ3n) is 5.21. The highest BCUT2D eigenvalue weighted by molar-refractivity contribution is 6.23. The number of phenols is 1. The molecule has 3 fully saturated rings. The molecular formula is C15H15NO5. The molecule has 4 rings (SSSR count). The summed E-state index contributed by atoms with van der Waals surface area (Å²) in [5.41, 5.74) is 0.172. The van der Waals surface area contributed by atoms with Gasteiger partial charge in [0.25, 0.3) is 0 Å². The summed E-state index contributed by atoms with van der Waals surface area (Å²) in [6, 6.07) is 6.19. The van der Waals surface area contributed by atoms with Crippen LogP contribution in [-0.4, -0.2) is 39.3 Å². The standard InChI is InChI=1S/C15H15NO5/c17-9-4-2-1-3-8(9)16-14(20)10-6-5-7(11(10)15(16)21)13(19)12(6)18/h1-4,6-7,10-13,17-19H,5H2/t6-,7-,10-,11+,12-,13+/m1/s1. The van der Waals surface area contributed by atoms with Crippen molar-refractivity contribution in [1.82, 2.24) is 0 Å². The Morgan fingerprint density at radius 1 is 0.952 bits per heavy atom. The lowest BCUT2D eigenvalue weighted by Crippen LogP contribution is -2.43. The van der Waals surface area contributed by atoms with Crippen molar-refractivity contribution < 1.29 is 24.9 Å².